The Balaban J connectivity index is 2.05. The van der Waals surface area contributed by atoms with Crippen LogP contribution in [0.25, 0.3) is 0 Å². The number of carbonyl (C=O) groups is 2. The Morgan fingerprint density at radius 3 is 2.86 bits per heavy atom. The van der Waals surface area contributed by atoms with Crippen molar-refractivity contribution in [3.8, 4) is 5.75 Å². The summed E-state index contributed by atoms with van der Waals surface area (Å²) in [5.41, 5.74) is 0.746. The van der Waals surface area contributed by atoms with Crippen LogP contribution in [0.4, 0.5) is 0 Å². The van der Waals surface area contributed by atoms with Crippen LogP contribution in [-0.4, -0.2) is 43.3 Å². The van der Waals surface area contributed by atoms with Gasteiger partial charge in [0.25, 0.3) is 0 Å². The summed E-state index contributed by atoms with van der Waals surface area (Å²) in [7, 11) is 1.53. The highest BCUT2D eigenvalue weighted by Crippen LogP contribution is 2.19. The number of carbonyl (C=O) groups excluding carboxylic acids is 1. The highest BCUT2D eigenvalue weighted by atomic mass is 16.5. The van der Waals surface area contributed by atoms with Crippen molar-refractivity contribution >= 4 is 11.9 Å². The van der Waals surface area contributed by atoms with Gasteiger partial charge in [0.05, 0.1) is 19.6 Å². The van der Waals surface area contributed by atoms with E-state index < -0.39 is 12.0 Å². The summed E-state index contributed by atoms with van der Waals surface area (Å²) in [5, 5.41) is 11.9. The SMILES string of the molecule is COc1ccccc1C[C@H](NC(=O)[C@H]1CCOC1)C(=O)O. The van der Waals surface area contributed by atoms with Crippen LogP contribution in [0.3, 0.4) is 0 Å². The zero-order valence-corrected chi connectivity index (χ0v) is 11.9. The molecule has 6 heteroatoms. The Hall–Kier alpha value is -2.08. The number of carboxylic acids is 1. The predicted molar refractivity (Wildman–Crippen MR) is 75.2 cm³/mol. The Morgan fingerprint density at radius 1 is 1.48 bits per heavy atom. The number of aliphatic carboxylic acids is 1. The average Bonchev–Trinajstić information content (AvgIpc) is 3.01. The number of hydrogen-bond acceptors (Lipinski definition) is 4. The van der Waals surface area contributed by atoms with Gasteiger partial charge in [0.15, 0.2) is 0 Å². The molecule has 1 fully saturated rings. The number of carboxylic acid groups (broad SMARTS) is 1. The average molecular weight is 293 g/mol. The first-order valence-electron chi connectivity index (χ1n) is 6.84. The molecular formula is C15H19NO5. The van der Waals surface area contributed by atoms with Gasteiger partial charge in [-0.1, -0.05) is 18.2 Å². The van der Waals surface area contributed by atoms with E-state index in [1.54, 1.807) is 12.1 Å². The molecule has 0 aliphatic carbocycles. The number of benzene rings is 1. The van der Waals surface area contributed by atoms with Gasteiger partial charge < -0.3 is 19.9 Å². The zero-order valence-electron chi connectivity index (χ0n) is 11.9. The molecule has 1 aliphatic rings. The first-order valence-corrected chi connectivity index (χ1v) is 6.84. The number of nitrogens with one attached hydrogen (secondary N) is 1. The maximum absolute atomic E-state index is 12.0. The minimum Gasteiger partial charge on any atom is -0.496 e. The minimum absolute atomic E-state index is 0.179. The van der Waals surface area contributed by atoms with Gasteiger partial charge >= 0.3 is 5.97 Å². The smallest absolute Gasteiger partial charge is 0.326 e. The van der Waals surface area contributed by atoms with Crippen molar-refractivity contribution in [2.75, 3.05) is 20.3 Å². The normalized spacial score (nSPS) is 19.0. The maximum Gasteiger partial charge on any atom is 0.326 e. The molecule has 2 rings (SSSR count). The zero-order chi connectivity index (χ0) is 15.2. The number of hydrogen-bond donors (Lipinski definition) is 2. The van der Waals surface area contributed by atoms with E-state index in [9.17, 15) is 14.7 Å². The molecule has 0 unspecified atom stereocenters. The van der Waals surface area contributed by atoms with Gasteiger partial charge in [-0.15, -0.1) is 0 Å². The van der Waals surface area contributed by atoms with Gasteiger partial charge in [-0.3, -0.25) is 4.79 Å². The van der Waals surface area contributed by atoms with Crippen molar-refractivity contribution in [3.63, 3.8) is 0 Å². The first-order chi connectivity index (χ1) is 10.1. The molecule has 6 nitrogen and oxygen atoms in total. The first kappa shape index (κ1) is 15.3. The quantitative estimate of drug-likeness (QED) is 0.812. The summed E-state index contributed by atoms with van der Waals surface area (Å²) >= 11 is 0. The van der Waals surface area contributed by atoms with Crippen molar-refractivity contribution in [2.45, 2.75) is 18.9 Å². The Kier molecular flexibility index (Phi) is 5.16. The van der Waals surface area contributed by atoms with Crippen LogP contribution in [0, 0.1) is 5.92 Å². The molecule has 0 spiro atoms. The summed E-state index contributed by atoms with van der Waals surface area (Å²) in [4.78, 5) is 23.4. The summed E-state index contributed by atoms with van der Waals surface area (Å²) in [6.07, 6.45) is 0.811. The molecule has 1 aromatic carbocycles. The lowest BCUT2D eigenvalue weighted by Gasteiger charge is -2.18. The van der Waals surface area contributed by atoms with E-state index in [-0.39, 0.29) is 18.2 Å². The summed E-state index contributed by atoms with van der Waals surface area (Å²) in [5.74, 6) is -0.977. The van der Waals surface area contributed by atoms with Gasteiger partial charge in [0.1, 0.15) is 11.8 Å². The second-order valence-corrected chi connectivity index (χ2v) is 4.98. The molecule has 2 atom stereocenters. The lowest BCUT2D eigenvalue weighted by atomic mass is 10.0. The van der Waals surface area contributed by atoms with Crippen LogP contribution >= 0.6 is 0 Å². The Bertz CT molecular complexity index is 511. The number of rotatable bonds is 6. The summed E-state index contributed by atoms with van der Waals surface area (Å²) in [6, 6.07) is 6.20. The third-order valence-corrected chi connectivity index (χ3v) is 3.53. The monoisotopic (exact) mass is 293 g/mol. The lowest BCUT2D eigenvalue weighted by molar-refractivity contribution is -0.142. The highest BCUT2D eigenvalue weighted by molar-refractivity contribution is 5.85. The molecule has 0 aromatic heterocycles. The van der Waals surface area contributed by atoms with Crippen LogP contribution in [0.2, 0.25) is 0 Å². The lowest BCUT2D eigenvalue weighted by Crippen LogP contribution is -2.45. The van der Waals surface area contributed by atoms with Crippen molar-refractivity contribution in [1.82, 2.24) is 5.32 Å². The fourth-order valence-corrected chi connectivity index (χ4v) is 2.32. The Labute approximate surface area is 123 Å². The highest BCUT2D eigenvalue weighted by Gasteiger charge is 2.28. The van der Waals surface area contributed by atoms with Crippen molar-refractivity contribution in [2.24, 2.45) is 5.92 Å². The third kappa shape index (κ3) is 3.95. The number of para-hydroxylation sites is 1. The Morgan fingerprint density at radius 2 is 2.24 bits per heavy atom. The molecule has 21 heavy (non-hydrogen) atoms. The van der Waals surface area contributed by atoms with E-state index in [0.29, 0.717) is 25.4 Å². The van der Waals surface area contributed by atoms with Gasteiger partial charge in [-0.2, -0.15) is 0 Å². The van der Waals surface area contributed by atoms with Crippen LogP contribution in [0.5, 0.6) is 5.75 Å². The van der Waals surface area contributed by atoms with Crippen molar-refractivity contribution in [1.29, 1.82) is 0 Å². The molecule has 1 saturated heterocycles. The second kappa shape index (κ2) is 7.08. The van der Waals surface area contributed by atoms with Crippen LogP contribution in [0.1, 0.15) is 12.0 Å². The minimum atomic E-state index is -1.06. The van der Waals surface area contributed by atoms with Crippen LogP contribution < -0.4 is 10.1 Å². The second-order valence-electron chi connectivity index (χ2n) is 4.98. The largest absolute Gasteiger partial charge is 0.496 e. The third-order valence-electron chi connectivity index (χ3n) is 3.53. The summed E-state index contributed by atoms with van der Waals surface area (Å²) < 4.78 is 10.4. The van der Waals surface area contributed by atoms with E-state index in [2.05, 4.69) is 5.32 Å². The van der Waals surface area contributed by atoms with Crippen LogP contribution in [-0.2, 0) is 20.7 Å². The summed E-state index contributed by atoms with van der Waals surface area (Å²) in [6.45, 7) is 0.898. The number of amides is 1. The molecule has 1 aliphatic heterocycles. The van der Waals surface area contributed by atoms with Gasteiger partial charge in [0, 0.05) is 13.0 Å². The molecule has 2 N–H and O–H groups in total. The maximum atomic E-state index is 12.0. The number of methoxy groups -OCH3 is 1. The number of ether oxygens (including phenoxy) is 2. The van der Waals surface area contributed by atoms with Crippen LogP contribution in [0.15, 0.2) is 24.3 Å². The molecule has 1 aromatic rings. The molecule has 114 valence electrons. The molecule has 0 saturated carbocycles. The van der Waals surface area contributed by atoms with Gasteiger partial charge in [-0.25, -0.2) is 4.79 Å². The standard InChI is InChI=1S/C15H19NO5/c1-20-13-5-3-2-4-10(13)8-12(15(18)19)16-14(17)11-6-7-21-9-11/h2-5,11-12H,6-9H2,1H3,(H,16,17)(H,18,19)/t11-,12-/m0/s1. The topological polar surface area (TPSA) is 84.9 Å². The van der Waals surface area contributed by atoms with Gasteiger partial charge in [0.2, 0.25) is 5.91 Å². The van der Waals surface area contributed by atoms with Crippen molar-refractivity contribution < 1.29 is 24.2 Å². The molecule has 0 bridgehead atoms. The fraction of sp³-hybridized carbons (Fsp3) is 0.467. The molecule has 1 amide bonds. The molecular weight excluding hydrogens is 274 g/mol. The van der Waals surface area contributed by atoms with Crippen molar-refractivity contribution in [3.05, 3.63) is 29.8 Å². The van der Waals surface area contributed by atoms with E-state index in [1.807, 2.05) is 12.1 Å². The molecule has 0 radical (unpaired) electrons. The van der Waals surface area contributed by atoms with E-state index in [0.717, 1.165) is 5.56 Å². The van der Waals surface area contributed by atoms with E-state index in [1.165, 1.54) is 7.11 Å². The predicted octanol–water partition coefficient (Wildman–Crippen LogP) is 0.844. The van der Waals surface area contributed by atoms with E-state index >= 15 is 0 Å². The van der Waals surface area contributed by atoms with Gasteiger partial charge in [-0.05, 0) is 18.1 Å². The fourth-order valence-electron chi connectivity index (χ4n) is 2.32. The molecule has 1 heterocycles. The van der Waals surface area contributed by atoms with E-state index in [4.69, 9.17) is 9.47 Å².